The van der Waals surface area contributed by atoms with E-state index < -0.39 is 0 Å². The van der Waals surface area contributed by atoms with E-state index >= 15 is 0 Å². The molecule has 1 aromatic heterocycles. The van der Waals surface area contributed by atoms with Gasteiger partial charge >= 0.3 is 0 Å². The highest BCUT2D eigenvalue weighted by atomic mass is 79.9. The first-order chi connectivity index (χ1) is 15.1. The van der Waals surface area contributed by atoms with Crippen LogP contribution in [-0.2, 0) is 11.2 Å². The zero-order chi connectivity index (χ0) is 21.8. The molecule has 0 radical (unpaired) electrons. The highest BCUT2D eigenvalue weighted by Crippen LogP contribution is 2.28. The minimum atomic E-state index is -0.0425. The molecule has 0 bridgehead atoms. The van der Waals surface area contributed by atoms with Crippen molar-refractivity contribution in [3.8, 4) is 11.5 Å². The van der Waals surface area contributed by atoms with Gasteiger partial charge in [-0.3, -0.25) is 4.79 Å². The molecular formula is C23H27BrN4O3. The maximum Gasteiger partial charge on any atom is 0.224 e. The van der Waals surface area contributed by atoms with E-state index in [2.05, 4.69) is 31.1 Å². The lowest BCUT2D eigenvalue weighted by Gasteiger charge is -2.31. The number of methoxy groups -OCH3 is 2. The molecule has 0 saturated carbocycles. The van der Waals surface area contributed by atoms with E-state index in [0.717, 1.165) is 52.8 Å². The summed E-state index contributed by atoms with van der Waals surface area (Å²) < 4.78 is 11.6. The average Bonchev–Trinajstić information content (AvgIpc) is 3.22. The molecule has 1 saturated heterocycles. The van der Waals surface area contributed by atoms with Gasteiger partial charge in [-0.1, -0.05) is 22.0 Å². The van der Waals surface area contributed by atoms with Crippen molar-refractivity contribution in [2.24, 2.45) is 5.92 Å². The summed E-state index contributed by atoms with van der Waals surface area (Å²) in [7, 11) is 3.24. The van der Waals surface area contributed by atoms with Crippen molar-refractivity contribution in [2.45, 2.75) is 19.3 Å². The monoisotopic (exact) mass is 486 g/mol. The van der Waals surface area contributed by atoms with Crippen LogP contribution in [0.3, 0.4) is 0 Å². The van der Waals surface area contributed by atoms with Crippen LogP contribution in [0, 0.1) is 5.92 Å². The SMILES string of the molecule is COc1ccc(CCNC(=O)[C@H]2CCCN(c3nc4ccc(Br)cc4[nH]3)C2)cc1OC. The second-order valence-corrected chi connectivity index (χ2v) is 8.65. The number of anilines is 1. The molecule has 1 fully saturated rings. The van der Waals surface area contributed by atoms with Crippen LogP contribution in [0.2, 0.25) is 0 Å². The van der Waals surface area contributed by atoms with Crippen molar-refractivity contribution in [2.75, 3.05) is 38.8 Å². The number of ether oxygens (including phenoxy) is 2. The number of hydrogen-bond donors (Lipinski definition) is 2. The first kappa shape index (κ1) is 21.5. The zero-order valence-electron chi connectivity index (χ0n) is 17.8. The predicted octanol–water partition coefficient (Wildman–Crippen LogP) is 3.92. The number of piperidine rings is 1. The van der Waals surface area contributed by atoms with E-state index in [-0.39, 0.29) is 11.8 Å². The van der Waals surface area contributed by atoms with Gasteiger partial charge in [0, 0.05) is 24.1 Å². The number of carbonyl (C=O) groups excluding carboxylic acids is 1. The summed E-state index contributed by atoms with van der Waals surface area (Å²) in [6, 6.07) is 11.8. The number of nitrogens with zero attached hydrogens (tertiary/aromatic N) is 2. The first-order valence-corrected chi connectivity index (χ1v) is 11.3. The van der Waals surface area contributed by atoms with E-state index in [1.807, 2.05) is 36.4 Å². The Hall–Kier alpha value is -2.74. The van der Waals surface area contributed by atoms with Gasteiger partial charge in [0.1, 0.15) is 0 Å². The van der Waals surface area contributed by atoms with Crippen LogP contribution in [0.4, 0.5) is 5.95 Å². The van der Waals surface area contributed by atoms with Gasteiger partial charge < -0.3 is 24.7 Å². The number of halogens is 1. The number of benzene rings is 2. The molecule has 1 aliphatic heterocycles. The van der Waals surface area contributed by atoms with Gasteiger partial charge in [-0.05, 0) is 55.2 Å². The summed E-state index contributed by atoms with van der Waals surface area (Å²) in [6.45, 7) is 2.16. The molecule has 1 amide bonds. The van der Waals surface area contributed by atoms with Crippen LogP contribution < -0.4 is 19.7 Å². The Morgan fingerprint density at radius 2 is 2.06 bits per heavy atom. The quantitative estimate of drug-likeness (QED) is 0.528. The third-order valence-electron chi connectivity index (χ3n) is 5.68. The number of aromatic nitrogens is 2. The second-order valence-electron chi connectivity index (χ2n) is 7.74. The van der Waals surface area contributed by atoms with Crippen molar-refractivity contribution in [1.82, 2.24) is 15.3 Å². The molecule has 4 rings (SSSR count). The Labute approximate surface area is 190 Å². The number of fused-ring (bicyclic) bond motifs is 1. The number of nitrogens with one attached hydrogen (secondary N) is 2. The highest BCUT2D eigenvalue weighted by molar-refractivity contribution is 9.10. The van der Waals surface area contributed by atoms with E-state index in [9.17, 15) is 4.79 Å². The fourth-order valence-electron chi connectivity index (χ4n) is 4.01. The highest BCUT2D eigenvalue weighted by Gasteiger charge is 2.27. The Morgan fingerprint density at radius 1 is 1.23 bits per heavy atom. The van der Waals surface area contributed by atoms with Crippen molar-refractivity contribution in [3.05, 3.63) is 46.4 Å². The summed E-state index contributed by atoms with van der Waals surface area (Å²) in [5.41, 5.74) is 3.02. The van der Waals surface area contributed by atoms with Gasteiger partial charge in [-0.15, -0.1) is 0 Å². The van der Waals surface area contributed by atoms with Crippen LogP contribution in [-0.4, -0.2) is 49.7 Å². The lowest BCUT2D eigenvalue weighted by molar-refractivity contribution is -0.125. The smallest absolute Gasteiger partial charge is 0.224 e. The molecule has 0 spiro atoms. The molecule has 3 aromatic rings. The van der Waals surface area contributed by atoms with Crippen molar-refractivity contribution in [3.63, 3.8) is 0 Å². The average molecular weight is 487 g/mol. The second kappa shape index (κ2) is 9.60. The summed E-state index contributed by atoms with van der Waals surface area (Å²) in [5, 5.41) is 3.10. The van der Waals surface area contributed by atoms with Crippen LogP contribution in [0.5, 0.6) is 11.5 Å². The van der Waals surface area contributed by atoms with Crippen molar-refractivity contribution in [1.29, 1.82) is 0 Å². The molecule has 31 heavy (non-hydrogen) atoms. The van der Waals surface area contributed by atoms with Gasteiger partial charge in [0.25, 0.3) is 0 Å². The van der Waals surface area contributed by atoms with E-state index in [1.54, 1.807) is 14.2 Å². The number of hydrogen-bond acceptors (Lipinski definition) is 5. The standard InChI is InChI=1S/C23H27BrN4O3/c1-30-20-8-5-15(12-21(20)31-2)9-10-25-22(29)16-4-3-11-28(14-16)23-26-18-7-6-17(24)13-19(18)27-23/h5-8,12-13,16H,3-4,9-11,14H2,1-2H3,(H,25,29)(H,26,27)/t16-/m0/s1. The number of amides is 1. The fourth-order valence-corrected chi connectivity index (χ4v) is 4.37. The van der Waals surface area contributed by atoms with E-state index in [4.69, 9.17) is 14.5 Å². The summed E-state index contributed by atoms with van der Waals surface area (Å²) in [6.07, 6.45) is 2.60. The summed E-state index contributed by atoms with van der Waals surface area (Å²) >= 11 is 3.49. The number of rotatable bonds is 7. The number of imidazole rings is 1. The number of carbonyl (C=O) groups is 1. The molecule has 164 valence electrons. The molecule has 7 nitrogen and oxygen atoms in total. The maximum atomic E-state index is 12.8. The largest absolute Gasteiger partial charge is 0.493 e. The summed E-state index contributed by atoms with van der Waals surface area (Å²) in [4.78, 5) is 23.0. The Balaban J connectivity index is 1.33. The van der Waals surface area contributed by atoms with Gasteiger partial charge in [-0.2, -0.15) is 0 Å². The Morgan fingerprint density at radius 3 is 2.87 bits per heavy atom. The molecule has 0 unspecified atom stereocenters. The molecule has 1 aliphatic rings. The zero-order valence-corrected chi connectivity index (χ0v) is 19.4. The van der Waals surface area contributed by atoms with Crippen molar-refractivity contribution < 1.29 is 14.3 Å². The number of H-pyrrole nitrogens is 1. The molecule has 1 atom stereocenters. The van der Waals surface area contributed by atoms with Crippen molar-refractivity contribution >= 4 is 38.8 Å². The molecule has 8 heteroatoms. The minimum absolute atomic E-state index is 0.0425. The van der Waals surface area contributed by atoms with Crippen LogP contribution in [0.1, 0.15) is 18.4 Å². The molecule has 2 aromatic carbocycles. The van der Waals surface area contributed by atoms with Crippen LogP contribution in [0.25, 0.3) is 11.0 Å². The van der Waals surface area contributed by atoms with Gasteiger partial charge in [0.2, 0.25) is 11.9 Å². The van der Waals surface area contributed by atoms with E-state index in [1.165, 1.54) is 0 Å². The van der Waals surface area contributed by atoms with Gasteiger partial charge in [0.15, 0.2) is 11.5 Å². The van der Waals surface area contributed by atoms with Gasteiger partial charge in [0.05, 0.1) is 31.2 Å². The predicted molar refractivity (Wildman–Crippen MR) is 125 cm³/mol. The summed E-state index contributed by atoms with van der Waals surface area (Å²) in [5.74, 6) is 2.29. The molecular weight excluding hydrogens is 460 g/mol. The Kier molecular flexibility index (Phi) is 6.65. The topological polar surface area (TPSA) is 79.5 Å². The molecule has 2 N–H and O–H groups in total. The van der Waals surface area contributed by atoms with Gasteiger partial charge in [-0.25, -0.2) is 4.98 Å². The molecule has 0 aliphatic carbocycles. The maximum absolute atomic E-state index is 12.8. The third-order valence-corrected chi connectivity index (χ3v) is 6.18. The fraction of sp³-hybridized carbons (Fsp3) is 0.391. The van der Waals surface area contributed by atoms with Crippen LogP contribution >= 0.6 is 15.9 Å². The third kappa shape index (κ3) is 4.95. The lowest BCUT2D eigenvalue weighted by Crippen LogP contribution is -2.43. The van der Waals surface area contributed by atoms with E-state index in [0.29, 0.717) is 24.6 Å². The number of aromatic amines is 1. The Bertz CT molecular complexity index is 1070. The normalized spacial score (nSPS) is 16.4. The lowest BCUT2D eigenvalue weighted by atomic mass is 9.97. The minimum Gasteiger partial charge on any atom is -0.493 e. The van der Waals surface area contributed by atoms with Crippen LogP contribution in [0.15, 0.2) is 40.9 Å². The first-order valence-electron chi connectivity index (χ1n) is 10.5. The molecule has 2 heterocycles.